The lowest BCUT2D eigenvalue weighted by molar-refractivity contribution is 0.127. The molecule has 0 aromatic rings. The molecule has 1 N–H and O–H groups in total. The van der Waals surface area contributed by atoms with Crippen molar-refractivity contribution in [3.63, 3.8) is 0 Å². The van der Waals surface area contributed by atoms with E-state index in [-0.39, 0.29) is 0 Å². The van der Waals surface area contributed by atoms with Gasteiger partial charge in [0.15, 0.2) is 0 Å². The zero-order chi connectivity index (χ0) is 9.80. The van der Waals surface area contributed by atoms with Crippen LogP contribution in [0.2, 0.25) is 0 Å². The van der Waals surface area contributed by atoms with Crippen LogP contribution in [0.25, 0.3) is 0 Å². The normalized spacial score (nSPS) is 35.8. The fourth-order valence-electron chi connectivity index (χ4n) is 3.45. The maximum Gasteiger partial charge on any atom is 0.0459 e. The van der Waals surface area contributed by atoms with Crippen molar-refractivity contribution >= 4 is 0 Å². The van der Waals surface area contributed by atoms with E-state index in [0.717, 1.165) is 11.8 Å². The monoisotopic (exact) mass is 196 g/mol. The fraction of sp³-hybridized carbons (Fsp3) is 1.00. The molecule has 0 unspecified atom stereocenters. The molecule has 82 valence electrons. The standard InChI is InChI=1S/C13H24O/c14-10-11-6-8-13(9-7-11)12-4-2-1-3-5-12/h11-14H,1-10H2. The zero-order valence-electron chi connectivity index (χ0n) is 9.25. The predicted octanol–water partition coefficient (Wildman–Crippen LogP) is 3.37. The average Bonchev–Trinajstić information content (AvgIpc) is 2.30. The quantitative estimate of drug-likeness (QED) is 0.718. The van der Waals surface area contributed by atoms with Gasteiger partial charge in [0, 0.05) is 6.61 Å². The fourth-order valence-corrected chi connectivity index (χ4v) is 3.45. The summed E-state index contributed by atoms with van der Waals surface area (Å²) in [6, 6.07) is 0. The van der Waals surface area contributed by atoms with Gasteiger partial charge in [0.25, 0.3) is 0 Å². The van der Waals surface area contributed by atoms with Gasteiger partial charge in [-0.25, -0.2) is 0 Å². The largest absolute Gasteiger partial charge is 0.396 e. The molecule has 0 aromatic heterocycles. The molecule has 2 fully saturated rings. The van der Waals surface area contributed by atoms with E-state index in [1.54, 1.807) is 0 Å². The summed E-state index contributed by atoms with van der Waals surface area (Å²) in [5, 5.41) is 9.09. The average molecular weight is 196 g/mol. The van der Waals surface area contributed by atoms with Crippen molar-refractivity contribution in [2.45, 2.75) is 57.8 Å². The second-order valence-electron chi connectivity index (χ2n) is 5.36. The van der Waals surface area contributed by atoms with E-state index in [0.29, 0.717) is 12.5 Å². The van der Waals surface area contributed by atoms with Crippen molar-refractivity contribution in [3.05, 3.63) is 0 Å². The lowest BCUT2D eigenvalue weighted by atomic mass is 9.71. The van der Waals surface area contributed by atoms with E-state index in [4.69, 9.17) is 5.11 Å². The summed E-state index contributed by atoms with van der Waals surface area (Å²) >= 11 is 0. The minimum Gasteiger partial charge on any atom is -0.396 e. The van der Waals surface area contributed by atoms with Crippen LogP contribution in [0.5, 0.6) is 0 Å². The van der Waals surface area contributed by atoms with E-state index >= 15 is 0 Å². The molecule has 2 aliphatic rings. The molecule has 0 saturated heterocycles. The molecule has 2 saturated carbocycles. The molecule has 1 heteroatoms. The van der Waals surface area contributed by atoms with Crippen LogP contribution in [0, 0.1) is 17.8 Å². The van der Waals surface area contributed by atoms with Gasteiger partial charge in [-0.3, -0.25) is 0 Å². The Morgan fingerprint density at radius 3 is 1.86 bits per heavy atom. The third-order valence-electron chi connectivity index (χ3n) is 4.47. The first-order valence-electron chi connectivity index (χ1n) is 6.51. The Kier molecular flexibility index (Phi) is 3.86. The van der Waals surface area contributed by atoms with E-state index in [9.17, 15) is 0 Å². The lowest BCUT2D eigenvalue weighted by Crippen LogP contribution is -2.24. The molecule has 1 nitrogen and oxygen atoms in total. The van der Waals surface area contributed by atoms with Crippen molar-refractivity contribution < 1.29 is 5.11 Å². The second kappa shape index (κ2) is 5.16. The van der Waals surface area contributed by atoms with Gasteiger partial charge < -0.3 is 5.11 Å². The summed E-state index contributed by atoms with van der Waals surface area (Å²) < 4.78 is 0. The Bertz CT molecular complexity index is 153. The van der Waals surface area contributed by atoms with Crippen molar-refractivity contribution in [2.24, 2.45) is 17.8 Å². The lowest BCUT2D eigenvalue weighted by Gasteiger charge is -2.35. The third-order valence-corrected chi connectivity index (χ3v) is 4.47. The minimum absolute atomic E-state index is 0.428. The van der Waals surface area contributed by atoms with Crippen LogP contribution in [0.3, 0.4) is 0 Å². The SMILES string of the molecule is OCC1CCC(C2CCCCC2)CC1. The molecular weight excluding hydrogens is 172 g/mol. The molecule has 0 aliphatic heterocycles. The molecule has 2 aliphatic carbocycles. The molecule has 0 heterocycles. The maximum absolute atomic E-state index is 9.09. The summed E-state index contributed by atoms with van der Waals surface area (Å²) in [6.07, 6.45) is 12.8. The number of hydrogen-bond acceptors (Lipinski definition) is 1. The van der Waals surface area contributed by atoms with Gasteiger partial charge in [-0.15, -0.1) is 0 Å². The highest BCUT2D eigenvalue weighted by Gasteiger charge is 2.27. The van der Waals surface area contributed by atoms with Crippen molar-refractivity contribution in [2.75, 3.05) is 6.61 Å². The van der Waals surface area contributed by atoms with Gasteiger partial charge in [-0.05, 0) is 43.4 Å². The summed E-state index contributed by atoms with van der Waals surface area (Å²) in [4.78, 5) is 0. The zero-order valence-corrected chi connectivity index (χ0v) is 9.25. The van der Waals surface area contributed by atoms with Crippen LogP contribution < -0.4 is 0 Å². The van der Waals surface area contributed by atoms with Gasteiger partial charge >= 0.3 is 0 Å². The highest BCUT2D eigenvalue weighted by Crippen LogP contribution is 2.39. The van der Waals surface area contributed by atoms with E-state index in [1.165, 1.54) is 57.8 Å². The molecule has 0 spiro atoms. The topological polar surface area (TPSA) is 20.2 Å². The molecule has 2 rings (SSSR count). The number of rotatable bonds is 2. The Hall–Kier alpha value is -0.0400. The van der Waals surface area contributed by atoms with Crippen LogP contribution in [-0.4, -0.2) is 11.7 Å². The van der Waals surface area contributed by atoms with Crippen molar-refractivity contribution in [1.29, 1.82) is 0 Å². The van der Waals surface area contributed by atoms with Gasteiger partial charge in [-0.2, -0.15) is 0 Å². The minimum atomic E-state index is 0.428. The third kappa shape index (κ3) is 2.50. The maximum atomic E-state index is 9.09. The molecule has 0 bridgehead atoms. The van der Waals surface area contributed by atoms with Gasteiger partial charge in [0.05, 0.1) is 0 Å². The second-order valence-corrected chi connectivity index (χ2v) is 5.36. The van der Waals surface area contributed by atoms with Crippen LogP contribution >= 0.6 is 0 Å². The van der Waals surface area contributed by atoms with E-state index in [1.807, 2.05) is 0 Å². The highest BCUT2D eigenvalue weighted by atomic mass is 16.3. The smallest absolute Gasteiger partial charge is 0.0459 e. The first-order chi connectivity index (χ1) is 6.90. The Morgan fingerprint density at radius 1 is 0.714 bits per heavy atom. The molecule has 0 amide bonds. The predicted molar refractivity (Wildman–Crippen MR) is 59.1 cm³/mol. The van der Waals surface area contributed by atoms with E-state index in [2.05, 4.69) is 0 Å². The van der Waals surface area contributed by atoms with Crippen LogP contribution in [0.4, 0.5) is 0 Å². The van der Waals surface area contributed by atoms with Crippen molar-refractivity contribution in [1.82, 2.24) is 0 Å². The molecular formula is C13H24O. The highest BCUT2D eigenvalue weighted by molar-refractivity contribution is 4.79. The van der Waals surface area contributed by atoms with Gasteiger partial charge in [0.2, 0.25) is 0 Å². The Labute approximate surface area is 87.9 Å². The Morgan fingerprint density at radius 2 is 1.29 bits per heavy atom. The summed E-state index contributed by atoms with van der Waals surface area (Å²) in [6.45, 7) is 0.428. The summed E-state index contributed by atoms with van der Waals surface area (Å²) in [5.41, 5.74) is 0. The number of aliphatic hydroxyl groups is 1. The summed E-state index contributed by atoms with van der Waals surface area (Å²) in [7, 11) is 0. The van der Waals surface area contributed by atoms with Crippen LogP contribution in [-0.2, 0) is 0 Å². The van der Waals surface area contributed by atoms with Crippen molar-refractivity contribution in [3.8, 4) is 0 Å². The molecule has 14 heavy (non-hydrogen) atoms. The molecule has 0 atom stereocenters. The van der Waals surface area contributed by atoms with Gasteiger partial charge in [0.1, 0.15) is 0 Å². The first kappa shape index (κ1) is 10.5. The molecule has 0 aromatic carbocycles. The van der Waals surface area contributed by atoms with Crippen LogP contribution in [0.1, 0.15) is 57.8 Å². The molecule has 0 radical (unpaired) electrons. The Balaban J connectivity index is 1.76. The number of aliphatic hydroxyl groups excluding tert-OH is 1. The first-order valence-corrected chi connectivity index (χ1v) is 6.51. The van der Waals surface area contributed by atoms with E-state index < -0.39 is 0 Å². The number of hydrogen-bond donors (Lipinski definition) is 1. The summed E-state index contributed by atoms with van der Waals surface area (Å²) in [5.74, 6) is 2.69. The van der Waals surface area contributed by atoms with Crippen LogP contribution in [0.15, 0.2) is 0 Å². The van der Waals surface area contributed by atoms with Gasteiger partial charge in [-0.1, -0.05) is 32.1 Å².